The van der Waals surface area contributed by atoms with Gasteiger partial charge in [-0.2, -0.15) is 0 Å². The van der Waals surface area contributed by atoms with Crippen LogP contribution in [-0.4, -0.2) is 308 Å². The van der Waals surface area contributed by atoms with Gasteiger partial charge in [0.2, 0.25) is 100 Å². The van der Waals surface area contributed by atoms with Crippen LogP contribution in [0.2, 0.25) is 0 Å². The monoisotopic (exact) mass is 1890 g/mol. The summed E-state index contributed by atoms with van der Waals surface area (Å²) < 4.78 is 6.30. The van der Waals surface area contributed by atoms with Crippen molar-refractivity contribution in [3.63, 3.8) is 0 Å². The van der Waals surface area contributed by atoms with E-state index in [9.17, 15) is 53.4 Å². The molecule has 41 nitrogen and oxygen atoms in total. The Hall–Kier alpha value is -13.2. The minimum absolute atomic E-state index is 0.00973. The number of H-pyrrole nitrogens is 2. The molecule has 3 fully saturated rings. The number of nitrogens with one attached hydrogen (secondary N) is 12. The lowest BCUT2D eigenvalue weighted by Gasteiger charge is -2.36. The highest BCUT2D eigenvalue weighted by atomic mass is 32.2. The number of ether oxygens (including phenoxy) is 1. The highest BCUT2D eigenvalue weighted by Crippen LogP contribution is 2.28. The first-order valence-electron chi connectivity index (χ1n) is 45.4. The van der Waals surface area contributed by atoms with Gasteiger partial charge in [-0.1, -0.05) is 108 Å². The molecule has 0 aliphatic carbocycles. The van der Waals surface area contributed by atoms with E-state index in [1.807, 2.05) is 6.92 Å². The number of primary amides is 2. The highest BCUT2D eigenvalue weighted by Gasteiger charge is 2.47. The van der Waals surface area contributed by atoms with Crippen LogP contribution < -0.4 is 80.8 Å². The number of thioether (sulfide) groups is 1. The largest absolute Gasteiger partial charge is 0.508 e. The lowest BCUT2D eigenvalue weighted by molar-refractivity contribution is -0.150. The summed E-state index contributed by atoms with van der Waals surface area (Å²) in [4.78, 5) is 262. The maximum Gasteiger partial charge on any atom is 0.246 e. The van der Waals surface area contributed by atoms with Crippen molar-refractivity contribution in [3.8, 4) is 11.5 Å². The molecule has 4 aromatic carbocycles. The number of phenols is 1. The van der Waals surface area contributed by atoms with Gasteiger partial charge < -0.3 is 126 Å². The van der Waals surface area contributed by atoms with Gasteiger partial charge in [-0.25, -0.2) is 0 Å². The summed E-state index contributed by atoms with van der Waals surface area (Å²) in [5.74, 6) is -17.3. The lowest BCUT2D eigenvalue weighted by Crippen LogP contribution is -2.62. The molecule has 0 unspecified atom stereocenters. The predicted octanol–water partition coefficient (Wildman–Crippen LogP) is -1.60. The van der Waals surface area contributed by atoms with Crippen LogP contribution in [0.3, 0.4) is 0 Å². The Morgan fingerprint density at radius 2 is 1.09 bits per heavy atom. The minimum atomic E-state index is -1.77. The summed E-state index contributed by atoms with van der Waals surface area (Å²) >= 11 is 0.782. The van der Waals surface area contributed by atoms with E-state index in [-0.39, 0.29) is 101 Å². The number of nitrogens with zero attached hydrogens (tertiary/aromatic N) is 5. The van der Waals surface area contributed by atoms with Gasteiger partial charge in [0, 0.05) is 106 Å². The molecule has 135 heavy (non-hydrogen) atoms. The van der Waals surface area contributed by atoms with Crippen molar-refractivity contribution >= 4 is 134 Å². The molecule has 9 rings (SSSR count). The van der Waals surface area contributed by atoms with Crippen molar-refractivity contribution in [2.45, 2.75) is 223 Å². The molecular weight excluding hydrogens is 1760 g/mol. The van der Waals surface area contributed by atoms with Crippen molar-refractivity contribution in [3.05, 3.63) is 132 Å². The lowest BCUT2D eigenvalue weighted by atomic mass is 10.00. The zero-order valence-corrected chi connectivity index (χ0v) is 78.6. The van der Waals surface area contributed by atoms with E-state index in [0.717, 1.165) is 41.8 Å². The number of aromatic nitrogens is 2. The smallest absolute Gasteiger partial charge is 0.246 e. The van der Waals surface area contributed by atoms with E-state index >= 15 is 38.4 Å². The molecule has 0 spiro atoms. The number of phenolic OH excluding ortho intramolecular Hbond substituents is 1. The van der Waals surface area contributed by atoms with Crippen LogP contribution in [0.4, 0.5) is 0 Å². The van der Waals surface area contributed by atoms with Crippen molar-refractivity contribution < 1.29 is 96.5 Å². The fourth-order valence-corrected chi connectivity index (χ4v) is 17.5. The van der Waals surface area contributed by atoms with Gasteiger partial charge in [0.05, 0.1) is 24.8 Å². The first-order chi connectivity index (χ1) is 64.2. The van der Waals surface area contributed by atoms with Crippen LogP contribution in [0.1, 0.15) is 128 Å². The number of fused-ring (bicyclic) bond motifs is 4. The second kappa shape index (κ2) is 49.7. The van der Waals surface area contributed by atoms with Crippen molar-refractivity contribution in [1.29, 1.82) is 0 Å². The third-order valence-electron chi connectivity index (χ3n) is 24.1. The van der Waals surface area contributed by atoms with E-state index < -0.39 is 235 Å². The average molecular weight is 1890 g/mol. The number of hydrogen-bond donors (Lipinski definition) is 18. The second-order valence-electron chi connectivity index (χ2n) is 35.5. The van der Waals surface area contributed by atoms with Gasteiger partial charge in [0.1, 0.15) is 103 Å². The fraction of sp³-hybridized carbons (Fsp3) is 0.516. The summed E-state index contributed by atoms with van der Waals surface area (Å²) in [5.41, 5.74) is 27.2. The molecule has 3 aliphatic rings. The molecule has 0 radical (unpaired) electrons. The summed E-state index contributed by atoms with van der Waals surface area (Å²) in [6, 6.07) is 5.09. The van der Waals surface area contributed by atoms with E-state index in [1.54, 1.807) is 120 Å². The predicted molar refractivity (Wildman–Crippen MR) is 501 cm³/mol. The summed E-state index contributed by atoms with van der Waals surface area (Å²) in [6.45, 7) is 9.28. The zero-order chi connectivity index (χ0) is 98.8. The van der Waals surface area contributed by atoms with Crippen LogP contribution in [0.5, 0.6) is 11.5 Å². The number of aryl methyl sites for hydroxylation is 1. The van der Waals surface area contributed by atoms with Crippen LogP contribution in [0.15, 0.2) is 109 Å². The Labute approximate surface area is 786 Å². The van der Waals surface area contributed by atoms with E-state index in [4.69, 9.17) is 27.7 Å². The molecule has 3 saturated heterocycles. The van der Waals surface area contributed by atoms with Crippen molar-refractivity contribution in [2.24, 2.45) is 34.8 Å². The Balaban J connectivity index is 1.11. The fourth-order valence-electron chi connectivity index (χ4n) is 16.7. The normalized spacial score (nSPS) is 24.8. The molecule has 22 N–H and O–H groups in total. The molecule has 732 valence electrons. The number of aliphatic hydroxyl groups is 1. The van der Waals surface area contributed by atoms with Gasteiger partial charge in [-0.3, -0.25) is 81.5 Å². The summed E-state index contributed by atoms with van der Waals surface area (Å²) in [5, 5.41) is 49.6. The molecule has 15 atom stereocenters. The minimum Gasteiger partial charge on any atom is -0.508 e. The Bertz CT molecular complexity index is 5240. The second-order valence-corrected chi connectivity index (χ2v) is 36.5. The SMILES string of the molecule is CCCC[C@H]1C(=O)N(C)[C@@H](COc2cccc(C)c2)C(=O)N[C@@H](CC(C)C)C(=O)N[C@H](C(=O)NCC(N)=O)CSCC(=O)N[C@@H](Cc2ccc(O)cc2)C(=O)N(C)[C@@H](C)C(=O)N[C@@H](CC(N)=O)C(=O)N2CCC[C@H]2C(=O)N[C@@H](CN)C(=O)N[C@@H](CC(C)C)C(=O)N2C[C@H](O)C[C@H]2C(=O)N[C@@H](Cc2c[nH]c3ccccc23)C(=O)N[C@@H](CCN)C(=O)N[C@@H](Cc2c[nH]c3ccccc23)C(=O)N1C. The van der Waals surface area contributed by atoms with Gasteiger partial charge in [-0.15, -0.1) is 11.8 Å². The molecule has 6 aromatic rings. The van der Waals surface area contributed by atoms with Crippen LogP contribution in [0.25, 0.3) is 21.8 Å². The first kappa shape index (κ1) is 105. The van der Waals surface area contributed by atoms with E-state index in [2.05, 4.69) is 63.1 Å². The number of amides is 17. The number of para-hydroxylation sites is 2. The number of aromatic hydroxyl groups is 1. The van der Waals surface area contributed by atoms with Gasteiger partial charge in [-0.05, 0) is 129 Å². The topological polar surface area (TPSA) is 612 Å². The number of aliphatic hydroxyl groups excluding tert-OH is 1. The molecule has 42 heteroatoms. The van der Waals surface area contributed by atoms with E-state index in [0.29, 0.717) is 51.3 Å². The maximum absolute atomic E-state index is 15.9. The third-order valence-corrected chi connectivity index (χ3v) is 25.2. The summed E-state index contributed by atoms with van der Waals surface area (Å²) in [6.07, 6.45) is 0.542. The number of aromatic amines is 2. The van der Waals surface area contributed by atoms with Gasteiger partial charge >= 0.3 is 0 Å². The van der Waals surface area contributed by atoms with Crippen molar-refractivity contribution in [2.75, 3.05) is 72.0 Å². The van der Waals surface area contributed by atoms with Crippen LogP contribution in [0, 0.1) is 18.8 Å². The van der Waals surface area contributed by atoms with Crippen LogP contribution in [-0.2, 0) is 101 Å². The number of benzene rings is 4. The molecule has 0 bridgehead atoms. The number of carbonyl (C=O) groups excluding carboxylic acids is 17. The molecular formula is C93H129N21O20S. The maximum atomic E-state index is 15.9. The standard InChI is InChI=1S/C93H129N21O20S/c1-11-12-25-74-93(133)112(10)76(47-134-59-20-17-19-52(6)36-59)88(128)103-65(34-50(2)3)83(123)109-72(81(121)100-45-78(97)118)48-135-49-79(119)101-68(37-54-27-29-57(115)30-28-54)89(129)110(8)53(7)80(120)105-70(41-77(96)117)91(131)113-33-18-26-73(113)86(126)108-71(42-95)85(125)106-67(35-51(4)5)92(132)114-46-58(116)40-75(114)87(127)104-66(38-55-43-98-62-23-15-13-21-60(55)62)84(124)102-64(31-32-94)82(122)107-69(90(130)111(74)9)39-56-44-99-63-24-16-14-22-61(56)63/h13-17,19-24,27-30,36,43-44,50-51,53,58,64-76,98-99,115-116H,11-12,18,25-26,31-35,37-42,45-49,94-95H2,1-10H3,(H2,96,117)(H2,97,118)(H,100,121)(H,101,119)(H,102,124)(H,103,128)(H,104,127)(H,105,120)(H,106,125)(H,107,122)(H,108,126)(H,109,123)/t53-,58+,64-,65-,66-,67-,68-,69-,70-,71-,72-,73-,74-,75-,76-/m0/s1. The number of hydrogen-bond acceptors (Lipinski definition) is 23. The highest BCUT2D eigenvalue weighted by molar-refractivity contribution is 8.00. The van der Waals surface area contributed by atoms with Crippen molar-refractivity contribution in [1.82, 2.24) is 87.6 Å². The van der Waals surface area contributed by atoms with Gasteiger partial charge in [0.15, 0.2) is 0 Å². The Kier molecular flexibility index (Phi) is 38.8. The number of likely N-dealkylation sites (N-methyl/N-ethyl adjacent to an activating group) is 3. The third kappa shape index (κ3) is 29.2. The first-order valence-corrected chi connectivity index (χ1v) is 46.6. The number of rotatable bonds is 24. The van der Waals surface area contributed by atoms with Gasteiger partial charge in [0.25, 0.3) is 0 Å². The molecule has 3 aliphatic heterocycles. The summed E-state index contributed by atoms with van der Waals surface area (Å²) in [7, 11) is 3.90. The Morgan fingerprint density at radius 3 is 1.70 bits per heavy atom. The zero-order valence-electron chi connectivity index (χ0n) is 77.8. The number of carbonyl (C=O) groups is 17. The number of nitrogens with two attached hydrogens (primary N) is 4. The Morgan fingerprint density at radius 1 is 0.548 bits per heavy atom. The molecule has 2 aromatic heterocycles. The molecule has 0 saturated carbocycles. The average Bonchev–Trinajstić information content (AvgIpc) is 1.74. The quantitative estimate of drug-likeness (QED) is 0.0324. The van der Waals surface area contributed by atoms with E-state index in [1.165, 1.54) is 52.3 Å². The number of unbranched alkanes of at least 4 members (excludes halogenated alkanes) is 1. The molecule has 17 amide bonds. The van der Waals surface area contributed by atoms with Crippen LogP contribution >= 0.6 is 11.8 Å². The molecule has 5 heterocycles.